The average molecular weight is 355 g/mol. The molecule has 21 heavy (non-hydrogen) atoms. The maximum atomic E-state index is 12.4. The van der Waals surface area contributed by atoms with Gasteiger partial charge in [-0.05, 0) is 38.1 Å². The van der Waals surface area contributed by atoms with Crippen LogP contribution in [0.2, 0.25) is 10.0 Å². The maximum absolute atomic E-state index is 12.4. The highest BCUT2D eigenvalue weighted by Crippen LogP contribution is 2.29. The Bertz CT molecular complexity index is 579. The maximum Gasteiger partial charge on any atom is 0.242 e. The monoisotopic (exact) mass is 354 g/mol. The van der Waals surface area contributed by atoms with E-state index >= 15 is 0 Å². The summed E-state index contributed by atoms with van der Waals surface area (Å²) in [5.74, 6) is 0. The fourth-order valence-electron chi connectivity index (χ4n) is 1.81. The molecule has 0 spiro atoms. The predicted octanol–water partition coefficient (Wildman–Crippen LogP) is 2.42. The minimum absolute atomic E-state index is 0.00816. The number of ether oxygens (including phenoxy) is 1. The lowest BCUT2D eigenvalue weighted by atomic mass is 10.2. The number of hydrogen-bond acceptors (Lipinski definition) is 4. The van der Waals surface area contributed by atoms with Crippen molar-refractivity contribution >= 4 is 33.2 Å². The normalized spacial score (nSPS) is 13.4. The van der Waals surface area contributed by atoms with Crippen LogP contribution in [0.5, 0.6) is 0 Å². The molecule has 8 heteroatoms. The van der Waals surface area contributed by atoms with Crippen LogP contribution in [-0.4, -0.2) is 35.2 Å². The first-order chi connectivity index (χ1) is 9.81. The van der Waals surface area contributed by atoms with E-state index in [-0.39, 0.29) is 16.0 Å². The van der Waals surface area contributed by atoms with Gasteiger partial charge in [0.15, 0.2) is 0 Å². The second-order valence-corrected chi connectivity index (χ2v) is 7.21. The lowest BCUT2D eigenvalue weighted by Gasteiger charge is -2.16. The average Bonchev–Trinajstić information content (AvgIpc) is 2.39. The van der Waals surface area contributed by atoms with Gasteiger partial charge >= 0.3 is 0 Å². The van der Waals surface area contributed by atoms with Crippen LogP contribution in [0.3, 0.4) is 0 Å². The van der Waals surface area contributed by atoms with E-state index in [0.29, 0.717) is 30.2 Å². The van der Waals surface area contributed by atoms with Crippen molar-refractivity contribution in [3.8, 4) is 0 Å². The highest BCUT2D eigenvalue weighted by molar-refractivity contribution is 7.89. The van der Waals surface area contributed by atoms with E-state index in [0.717, 1.165) is 0 Å². The molecule has 5 nitrogen and oxygen atoms in total. The van der Waals surface area contributed by atoms with Gasteiger partial charge in [0, 0.05) is 31.3 Å². The van der Waals surface area contributed by atoms with Crippen LogP contribution in [0.1, 0.15) is 18.9 Å². The smallest absolute Gasteiger partial charge is 0.242 e. The van der Waals surface area contributed by atoms with Gasteiger partial charge in [-0.25, -0.2) is 13.1 Å². The fourth-order valence-corrected chi connectivity index (χ4v) is 4.02. The number of benzene rings is 1. The standard InChI is InChI=1S/C13H20Cl2N2O3S/c1-9(4-5-20-3)17-21(18,19)12-7-11(14)6-10(8-16-2)13(12)15/h6-7,9,16-17H,4-5,8H2,1-3H3. The van der Waals surface area contributed by atoms with Crippen molar-refractivity contribution < 1.29 is 13.2 Å². The second kappa shape index (κ2) is 8.31. The Morgan fingerprint density at radius 2 is 2.00 bits per heavy atom. The Hall–Kier alpha value is -0.370. The Kier molecular flexibility index (Phi) is 7.39. The van der Waals surface area contributed by atoms with Gasteiger partial charge in [0.1, 0.15) is 4.90 Å². The van der Waals surface area contributed by atoms with Crippen molar-refractivity contribution in [3.05, 3.63) is 27.7 Å². The summed E-state index contributed by atoms with van der Waals surface area (Å²) >= 11 is 12.2. The molecular weight excluding hydrogens is 335 g/mol. The minimum atomic E-state index is -3.73. The van der Waals surface area contributed by atoms with Gasteiger partial charge in [-0.2, -0.15) is 0 Å². The SMILES string of the molecule is CNCc1cc(Cl)cc(S(=O)(=O)NC(C)CCOC)c1Cl. The Morgan fingerprint density at radius 1 is 1.33 bits per heavy atom. The summed E-state index contributed by atoms with van der Waals surface area (Å²) in [5.41, 5.74) is 0.636. The van der Waals surface area contributed by atoms with E-state index in [4.69, 9.17) is 27.9 Å². The summed E-state index contributed by atoms with van der Waals surface area (Å²) in [5, 5.41) is 3.43. The number of hydrogen-bond donors (Lipinski definition) is 2. The zero-order chi connectivity index (χ0) is 16.0. The zero-order valence-electron chi connectivity index (χ0n) is 12.2. The molecule has 1 rings (SSSR count). The van der Waals surface area contributed by atoms with E-state index in [1.165, 1.54) is 6.07 Å². The second-order valence-electron chi connectivity index (χ2n) is 4.71. The molecule has 0 saturated heterocycles. The molecule has 0 bridgehead atoms. The lowest BCUT2D eigenvalue weighted by Crippen LogP contribution is -2.33. The van der Waals surface area contributed by atoms with Crippen LogP contribution >= 0.6 is 23.2 Å². The topological polar surface area (TPSA) is 67.4 Å². The molecule has 1 atom stereocenters. The van der Waals surface area contributed by atoms with Crippen molar-refractivity contribution in [2.24, 2.45) is 0 Å². The van der Waals surface area contributed by atoms with Crippen LogP contribution < -0.4 is 10.0 Å². The Labute approximate surface area is 136 Å². The lowest BCUT2D eigenvalue weighted by molar-refractivity contribution is 0.188. The highest BCUT2D eigenvalue weighted by Gasteiger charge is 2.22. The molecule has 2 N–H and O–H groups in total. The summed E-state index contributed by atoms with van der Waals surface area (Å²) in [7, 11) is -0.419. The number of rotatable bonds is 8. The minimum Gasteiger partial charge on any atom is -0.385 e. The largest absolute Gasteiger partial charge is 0.385 e. The molecule has 1 aromatic rings. The van der Waals surface area contributed by atoms with Crippen LogP contribution in [0.4, 0.5) is 0 Å². The van der Waals surface area contributed by atoms with Gasteiger partial charge in [0.25, 0.3) is 0 Å². The summed E-state index contributed by atoms with van der Waals surface area (Å²) in [6, 6.07) is 2.74. The molecule has 0 amide bonds. The van der Waals surface area contributed by atoms with E-state index < -0.39 is 10.0 Å². The molecular formula is C13H20Cl2N2O3S. The first-order valence-electron chi connectivity index (χ1n) is 6.45. The molecule has 0 aromatic heterocycles. The van der Waals surface area contributed by atoms with Gasteiger partial charge in [-0.1, -0.05) is 23.2 Å². The van der Waals surface area contributed by atoms with E-state index in [9.17, 15) is 8.42 Å². The van der Waals surface area contributed by atoms with E-state index in [1.54, 1.807) is 27.1 Å². The Balaban J connectivity index is 3.07. The van der Waals surface area contributed by atoms with Gasteiger partial charge < -0.3 is 10.1 Å². The Morgan fingerprint density at radius 3 is 2.57 bits per heavy atom. The zero-order valence-corrected chi connectivity index (χ0v) is 14.6. The molecule has 0 saturated carbocycles. The van der Waals surface area contributed by atoms with Crippen LogP contribution in [0.15, 0.2) is 17.0 Å². The third-order valence-corrected chi connectivity index (χ3v) is 5.24. The van der Waals surface area contributed by atoms with Crippen LogP contribution in [0, 0.1) is 0 Å². The fraction of sp³-hybridized carbons (Fsp3) is 0.538. The number of methoxy groups -OCH3 is 1. The molecule has 0 aliphatic rings. The summed E-state index contributed by atoms with van der Waals surface area (Å²) in [4.78, 5) is -0.00816. The third kappa shape index (κ3) is 5.39. The van der Waals surface area contributed by atoms with Gasteiger partial charge in [-0.3, -0.25) is 0 Å². The predicted molar refractivity (Wildman–Crippen MR) is 85.5 cm³/mol. The highest BCUT2D eigenvalue weighted by atomic mass is 35.5. The molecule has 0 radical (unpaired) electrons. The summed E-state index contributed by atoms with van der Waals surface area (Å²) < 4.78 is 32.3. The molecule has 1 unspecified atom stereocenters. The van der Waals surface area contributed by atoms with Crippen LogP contribution in [-0.2, 0) is 21.3 Å². The summed E-state index contributed by atoms with van der Waals surface area (Å²) in [6.07, 6.45) is 0.567. The third-order valence-electron chi connectivity index (χ3n) is 2.85. The molecule has 0 aliphatic heterocycles. The van der Waals surface area contributed by atoms with Gasteiger partial charge in [-0.15, -0.1) is 0 Å². The number of halogens is 2. The molecule has 0 aliphatic carbocycles. The first-order valence-corrected chi connectivity index (χ1v) is 8.69. The molecule has 1 aromatic carbocycles. The quantitative estimate of drug-likeness (QED) is 0.752. The first kappa shape index (κ1) is 18.7. The molecule has 0 fully saturated rings. The van der Waals surface area contributed by atoms with E-state index in [1.807, 2.05) is 0 Å². The van der Waals surface area contributed by atoms with E-state index in [2.05, 4.69) is 10.0 Å². The van der Waals surface area contributed by atoms with Gasteiger partial charge in [0.05, 0.1) is 5.02 Å². The number of nitrogens with one attached hydrogen (secondary N) is 2. The van der Waals surface area contributed by atoms with Crippen LogP contribution in [0.25, 0.3) is 0 Å². The van der Waals surface area contributed by atoms with Crippen molar-refractivity contribution in [3.63, 3.8) is 0 Å². The van der Waals surface area contributed by atoms with Crippen molar-refractivity contribution in [1.29, 1.82) is 0 Å². The van der Waals surface area contributed by atoms with Crippen molar-refractivity contribution in [1.82, 2.24) is 10.0 Å². The van der Waals surface area contributed by atoms with Gasteiger partial charge in [0.2, 0.25) is 10.0 Å². The molecule has 0 heterocycles. The number of sulfonamides is 1. The van der Waals surface area contributed by atoms with Crippen molar-refractivity contribution in [2.75, 3.05) is 20.8 Å². The van der Waals surface area contributed by atoms with Crippen molar-refractivity contribution in [2.45, 2.75) is 30.8 Å². The summed E-state index contributed by atoms with van der Waals surface area (Å²) in [6.45, 7) is 2.67. The molecule has 120 valence electrons.